The second-order valence-corrected chi connectivity index (χ2v) is 6.04. The molecular weight excluding hydrogens is 340 g/mol. The van der Waals surface area contributed by atoms with Gasteiger partial charge in [0.05, 0.1) is 6.21 Å². The fourth-order valence-electron chi connectivity index (χ4n) is 2.21. The van der Waals surface area contributed by atoms with Crippen LogP contribution in [0, 0.1) is 4.77 Å². The van der Waals surface area contributed by atoms with Gasteiger partial charge in [-0.05, 0) is 42.4 Å². The maximum atomic E-state index is 6.05. The summed E-state index contributed by atoms with van der Waals surface area (Å²) in [5, 5.41) is 12.1. The highest BCUT2D eigenvalue weighted by Gasteiger charge is 2.08. The number of benzene rings is 2. The van der Waals surface area contributed by atoms with Gasteiger partial charge in [-0.25, -0.2) is 5.10 Å². The summed E-state index contributed by atoms with van der Waals surface area (Å²) in [7, 11) is 0. The summed E-state index contributed by atoms with van der Waals surface area (Å²) in [5.74, 6) is 0.617. The van der Waals surface area contributed by atoms with Gasteiger partial charge in [0.15, 0.2) is 5.82 Å². The SMILES string of the molecule is CC(C=Nn1c(-c2cccc(Cl)c2)n[nH]c1=S)=Cc1ccccc1. The van der Waals surface area contributed by atoms with E-state index in [1.165, 1.54) is 0 Å². The summed E-state index contributed by atoms with van der Waals surface area (Å²) in [5.41, 5.74) is 2.96. The Morgan fingerprint density at radius 1 is 1.21 bits per heavy atom. The highest BCUT2D eigenvalue weighted by Crippen LogP contribution is 2.21. The molecule has 0 fully saturated rings. The fourth-order valence-corrected chi connectivity index (χ4v) is 2.58. The molecule has 0 radical (unpaired) electrons. The number of H-pyrrole nitrogens is 1. The van der Waals surface area contributed by atoms with Crippen LogP contribution in [0.1, 0.15) is 12.5 Å². The zero-order valence-corrected chi connectivity index (χ0v) is 14.6. The minimum atomic E-state index is 0.425. The molecule has 1 aromatic heterocycles. The van der Waals surface area contributed by atoms with Crippen molar-refractivity contribution in [3.05, 3.63) is 75.5 Å². The molecule has 1 heterocycles. The minimum Gasteiger partial charge on any atom is -0.250 e. The van der Waals surface area contributed by atoms with Crippen molar-refractivity contribution in [3.8, 4) is 11.4 Å². The van der Waals surface area contributed by atoms with E-state index < -0.39 is 0 Å². The molecule has 24 heavy (non-hydrogen) atoms. The van der Waals surface area contributed by atoms with Crippen molar-refractivity contribution in [2.75, 3.05) is 0 Å². The van der Waals surface area contributed by atoms with Crippen LogP contribution in [-0.2, 0) is 0 Å². The van der Waals surface area contributed by atoms with E-state index in [0.29, 0.717) is 15.6 Å². The quantitative estimate of drug-likeness (QED) is 0.517. The van der Waals surface area contributed by atoms with Crippen LogP contribution in [0.15, 0.2) is 65.3 Å². The Kier molecular flexibility index (Phi) is 5.03. The molecule has 0 amide bonds. The summed E-state index contributed by atoms with van der Waals surface area (Å²) in [6, 6.07) is 17.5. The van der Waals surface area contributed by atoms with Gasteiger partial charge in [0.1, 0.15) is 0 Å². The first kappa shape index (κ1) is 16.4. The largest absolute Gasteiger partial charge is 0.250 e. The Hall–Kier alpha value is -2.50. The lowest BCUT2D eigenvalue weighted by Crippen LogP contribution is -1.95. The van der Waals surface area contributed by atoms with Gasteiger partial charge in [-0.1, -0.05) is 60.1 Å². The molecule has 3 aromatic rings. The lowest BCUT2D eigenvalue weighted by Gasteiger charge is -2.01. The first-order chi connectivity index (χ1) is 11.6. The van der Waals surface area contributed by atoms with E-state index in [2.05, 4.69) is 15.3 Å². The van der Waals surface area contributed by atoms with Crippen LogP contribution in [0.2, 0.25) is 5.02 Å². The van der Waals surface area contributed by atoms with Gasteiger partial charge in [-0.2, -0.15) is 14.9 Å². The summed E-state index contributed by atoms with van der Waals surface area (Å²) in [4.78, 5) is 0. The first-order valence-corrected chi connectivity index (χ1v) is 8.13. The molecule has 0 aliphatic rings. The normalized spacial score (nSPS) is 12.0. The third-order valence-electron chi connectivity index (χ3n) is 3.30. The Morgan fingerprint density at radius 3 is 2.75 bits per heavy atom. The summed E-state index contributed by atoms with van der Waals surface area (Å²) in [6.45, 7) is 1.99. The van der Waals surface area contributed by atoms with Crippen LogP contribution in [0.3, 0.4) is 0 Å². The van der Waals surface area contributed by atoms with Crippen LogP contribution in [0.5, 0.6) is 0 Å². The number of hydrogen-bond acceptors (Lipinski definition) is 3. The van der Waals surface area contributed by atoms with Gasteiger partial charge >= 0.3 is 0 Å². The molecule has 0 aliphatic heterocycles. The molecule has 0 atom stereocenters. The van der Waals surface area contributed by atoms with E-state index in [-0.39, 0.29) is 0 Å². The molecule has 2 aromatic carbocycles. The highest BCUT2D eigenvalue weighted by molar-refractivity contribution is 7.71. The van der Waals surface area contributed by atoms with E-state index in [1.807, 2.05) is 67.6 Å². The average Bonchev–Trinajstić information content (AvgIpc) is 2.95. The molecule has 6 heteroatoms. The smallest absolute Gasteiger partial charge is 0.216 e. The van der Waals surface area contributed by atoms with Gasteiger partial charge in [-0.15, -0.1) is 0 Å². The molecular formula is C18H15ClN4S. The van der Waals surface area contributed by atoms with Crippen molar-refractivity contribution in [3.63, 3.8) is 0 Å². The maximum Gasteiger partial charge on any atom is 0.216 e. The average molecular weight is 355 g/mol. The van der Waals surface area contributed by atoms with Crippen LogP contribution in [0.25, 0.3) is 17.5 Å². The van der Waals surface area contributed by atoms with Crippen molar-refractivity contribution in [2.24, 2.45) is 5.10 Å². The van der Waals surface area contributed by atoms with Crippen molar-refractivity contribution >= 4 is 36.1 Å². The molecule has 4 nitrogen and oxygen atoms in total. The van der Waals surface area contributed by atoms with Crippen LogP contribution in [0.4, 0.5) is 0 Å². The molecule has 0 unspecified atom stereocenters. The maximum absolute atomic E-state index is 6.05. The number of aromatic amines is 1. The standard InChI is InChI=1S/C18H15ClN4S/c1-13(10-14-6-3-2-4-7-14)12-20-23-17(21-22-18(23)24)15-8-5-9-16(19)11-15/h2-12H,1H3,(H,22,24). The molecule has 120 valence electrons. The highest BCUT2D eigenvalue weighted by atomic mass is 35.5. The fraction of sp³-hybridized carbons (Fsp3) is 0.0556. The van der Waals surface area contributed by atoms with E-state index in [0.717, 1.165) is 16.7 Å². The zero-order chi connectivity index (χ0) is 16.9. The Labute approximate surface area is 150 Å². The number of rotatable bonds is 4. The number of hydrogen-bond donors (Lipinski definition) is 1. The van der Waals surface area contributed by atoms with Crippen molar-refractivity contribution in [1.82, 2.24) is 14.9 Å². The topological polar surface area (TPSA) is 46.0 Å². The van der Waals surface area contributed by atoms with Crippen molar-refractivity contribution in [1.29, 1.82) is 0 Å². The third-order valence-corrected chi connectivity index (χ3v) is 3.80. The minimum absolute atomic E-state index is 0.425. The van der Waals surface area contributed by atoms with E-state index >= 15 is 0 Å². The lowest BCUT2D eigenvalue weighted by molar-refractivity contribution is 0.871. The molecule has 0 saturated heterocycles. The lowest BCUT2D eigenvalue weighted by atomic mass is 10.1. The van der Waals surface area contributed by atoms with Gasteiger partial charge < -0.3 is 0 Å². The summed E-state index contributed by atoms with van der Waals surface area (Å²) >= 11 is 11.3. The van der Waals surface area contributed by atoms with Crippen LogP contribution in [-0.4, -0.2) is 21.1 Å². The monoisotopic (exact) mass is 354 g/mol. The van der Waals surface area contributed by atoms with Gasteiger partial charge in [0, 0.05) is 10.6 Å². The predicted molar refractivity (Wildman–Crippen MR) is 102 cm³/mol. The van der Waals surface area contributed by atoms with E-state index in [4.69, 9.17) is 23.8 Å². The van der Waals surface area contributed by atoms with Gasteiger partial charge in [0.2, 0.25) is 4.77 Å². The van der Waals surface area contributed by atoms with Crippen LogP contribution < -0.4 is 0 Å². The third kappa shape index (κ3) is 3.88. The predicted octanol–water partition coefficient (Wildman–Crippen LogP) is 5.20. The van der Waals surface area contributed by atoms with Gasteiger partial charge in [0.25, 0.3) is 0 Å². The summed E-state index contributed by atoms with van der Waals surface area (Å²) < 4.78 is 2.01. The Morgan fingerprint density at radius 2 is 2.00 bits per heavy atom. The molecule has 3 rings (SSSR count). The van der Waals surface area contributed by atoms with Crippen LogP contribution >= 0.6 is 23.8 Å². The first-order valence-electron chi connectivity index (χ1n) is 7.34. The summed E-state index contributed by atoms with van der Waals surface area (Å²) in [6.07, 6.45) is 3.80. The van der Waals surface area contributed by atoms with Crippen molar-refractivity contribution in [2.45, 2.75) is 6.92 Å². The molecule has 0 bridgehead atoms. The number of nitrogens with zero attached hydrogens (tertiary/aromatic N) is 3. The van der Waals surface area contributed by atoms with E-state index in [9.17, 15) is 0 Å². The number of aromatic nitrogens is 3. The van der Waals surface area contributed by atoms with E-state index in [1.54, 1.807) is 10.9 Å². The zero-order valence-electron chi connectivity index (χ0n) is 13.0. The molecule has 0 aliphatic carbocycles. The number of allylic oxidation sites excluding steroid dienone is 1. The second kappa shape index (κ2) is 7.38. The Bertz CT molecular complexity index is 954. The number of nitrogens with one attached hydrogen (secondary N) is 1. The Balaban J connectivity index is 1.92. The number of halogens is 1. The van der Waals surface area contributed by atoms with Crippen molar-refractivity contribution < 1.29 is 0 Å². The molecule has 0 spiro atoms. The molecule has 0 saturated carbocycles. The van der Waals surface area contributed by atoms with Gasteiger partial charge in [-0.3, -0.25) is 0 Å². The second-order valence-electron chi connectivity index (χ2n) is 5.22. The molecule has 1 N–H and O–H groups in total.